The van der Waals surface area contributed by atoms with Crippen molar-refractivity contribution in [2.45, 2.75) is 33.2 Å². The Kier molecular flexibility index (Phi) is 5.08. The van der Waals surface area contributed by atoms with Crippen molar-refractivity contribution in [2.75, 3.05) is 5.75 Å². The minimum absolute atomic E-state index is 0.0187. The number of hydrogen-bond acceptors (Lipinski definition) is 5. The summed E-state index contributed by atoms with van der Waals surface area (Å²) in [6.45, 7) is 3.94. The standard InChI is InChI=1S/C14H19N3O3S/c1-3-4-8-21(18,19)15-10-13-16-17-14(20-13)12-7-5-6-11(2)9-12/h5-7,9,15H,3-4,8,10H2,1-2H3. The molecule has 2 aromatic rings. The number of hydrogen-bond donors (Lipinski definition) is 1. The number of sulfonamides is 1. The van der Waals surface area contributed by atoms with E-state index in [0.29, 0.717) is 12.3 Å². The predicted molar refractivity (Wildman–Crippen MR) is 80.0 cm³/mol. The summed E-state index contributed by atoms with van der Waals surface area (Å²) in [4.78, 5) is 0. The molecular formula is C14H19N3O3S. The summed E-state index contributed by atoms with van der Waals surface area (Å²) in [5.74, 6) is 0.760. The fraction of sp³-hybridized carbons (Fsp3) is 0.429. The highest BCUT2D eigenvalue weighted by atomic mass is 32.2. The van der Waals surface area contributed by atoms with Crippen LogP contribution in [0.1, 0.15) is 31.2 Å². The topological polar surface area (TPSA) is 85.1 Å². The maximum Gasteiger partial charge on any atom is 0.247 e. The molecule has 21 heavy (non-hydrogen) atoms. The Labute approximate surface area is 124 Å². The summed E-state index contributed by atoms with van der Waals surface area (Å²) in [7, 11) is -3.28. The van der Waals surface area contributed by atoms with Crippen molar-refractivity contribution < 1.29 is 12.8 Å². The lowest BCUT2D eigenvalue weighted by atomic mass is 10.1. The van der Waals surface area contributed by atoms with Crippen LogP contribution in [0.25, 0.3) is 11.5 Å². The molecule has 0 amide bonds. The second-order valence-corrected chi connectivity index (χ2v) is 6.79. The maximum absolute atomic E-state index is 11.7. The smallest absolute Gasteiger partial charge is 0.247 e. The van der Waals surface area contributed by atoms with Gasteiger partial charge in [-0.15, -0.1) is 10.2 Å². The van der Waals surface area contributed by atoms with E-state index in [-0.39, 0.29) is 18.2 Å². The van der Waals surface area contributed by atoms with Gasteiger partial charge in [0.15, 0.2) is 0 Å². The van der Waals surface area contributed by atoms with E-state index in [0.717, 1.165) is 17.5 Å². The first kappa shape index (κ1) is 15.7. The Morgan fingerprint density at radius 2 is 2.10 bits per heavy atom. The Balaban J connectivity index is 2.01. The molecular weight excluding hydrogens is 290 g/mol. The van der Waals surface area contributed by atoms with Crippen LogP contribution in [0.3, 0.4) is 0 Å². The van der Waals surface area contributed by atoms with Gasteiger partial charge in [-0.05, 0) is 25.5 Å². The van der Waals surface area contributed by atoms with Crippen LogP contribution in [0, 0.1) is 6.92 Å². The molecule has 114 valence electrons. The average molecular weight is 309 g/mol. The molecule has 1 N–H and O–H groups in total. The lowest BCUT2D eigenvalue weighted by Crippen LogP contribution is -2.26. The predicted octanol–water partition coefficient (Wildman–Crippen LogP) is 2.26. The number of nitrogens with zero attached hydrogens (tertiary/aromatic N) is 2. The molecule has 2 rings (SSSR count). The zero-order chi connectivity index (χ0) is 15.3. The van der Waals surface area contributed by atoms with Gasteiger partial charge in [-0.25, -0.2) is 13.1 Å². The third-order valence-corrected chi connectivity index (χ3v) is 4.35. The molecule has 7 heteroatoms. The van der Waals surface area contributed by atoms with Crippen LogP contribution in [0.4, 0.5) is 0 Å². The summed E-state index contributed by atoms with van der Waals surface area (Å²) in [5.41, 5.74) is 1.91. The Morgan fingerprint density at radius 1 is 1.29 bits per heavy atom. The van der Waals surface area contributed by atoms with Crippen molar-refractivity contribution in [1.82, 2.24) is 14.9 Å². The van der Waals surface area contributed by atoms with Crippen LogP contribution in [0.2, 0.25) is 0 Å². The summed E-state index contributed by atoms with van der Waals surface area (Å²) in [6, 6.07) is 7.68. The summed E-state index contributed by atoms with van der Waals surface area (Å²) in [5, 5.41) is 7.80. The molecule has 6 nitrogen and oxygen atoms in total. The zero-order valence-corrected chi connectivity index (χ0v) is 13.0. The van der Waals surface area contributed by atoms with Gasteiger partial charge < -0.3 is 4.42 Å². The normalized spacial score (nSPS) is 11.7. The number of aryl methyl sites for hydroxylation is 1. The Morgan fingerprint density at radius 3 is 2.81 bits per heavy atom. The van der Waals surface area contributed by atoms with Gasteiger partial charge in [0.25, 0.3) is 0 Å². The highest BCUT2D eigenvalue weighted by molar-refractivity contribution is 7.89. The molecule has 0 aliphatic heterocycles. The SMILES string of the molecule is CCCCS(=O)(=O)NCc1nnc(-c2cccc(C)c2)o1. The van der Waals surface area contributed by atoms with E-state index < -0.39 is 10.0 Å². The molecule has 0 aliphatic carbocycles. The molecule has 0 saturated heterocycles. The number of benzene rings is 1. The quantitative estimate of drug-likeness (QED) is 0.848. The molecule has 1 aromatic carbocycles. The van der Waals surface area contributed by atoms with E-state index >= 15 is 0 Å². The molecule has 0 unspecified atom stereocenters. The molecule has 1 aromatic heterocycles. The summed E-state index contributed by atoms with van der Waals surface area (Å²) < 4.78 is 31.3. The third kappa shape index (κ3) is 4.64. The Hall–Kier alpha value is -1.73. The van der Waals surface area contributed by atoms with Crippen molar-refractivity contribution >= 4 is 10.0 Å². The zero-order valence-electron chi connectivity index (χ0n) is 12.2. The van der Waals surface area contributed by atoms with E-state index in [1.807, 2.05) is 38.1 Å². The third-order valence-electron chi connectivity index (χ3n) is 2.94. The minimum atomic E-state index is -3.28. The van der Waals surface area contributed by atoms with E-state index in [1.165, 1.54) is 0 Å². The first-order valence-corrected chi connectivity index (χ1v) is 8.52. The second kappa shape index (κ2) is 6.82. The number of nitrogens with one attached hydrogen (secondary N) is 1. The van der Waals surface area contributed by atoms with E-state index in [4.69, 9.17) is 4.42 Å². The minimum Gasteiger partial charge on any atom is -0.419 e. The van der Waals surface area contributed by atoms with Gasteiger partial charge in [0, 0.05) is 5.56 Å². The number of unbranched alkanes of at least 4 members (excludes halogenated alkanes) is 1. The van der Waals surface area contributed by atoms with Crippen LogP contribution in [-0.4, -0.2) is 24.4 Å². The molecule has 0 atom stereocenters. The number of rotatable bonds is 7. The molecule has 0 fully saturated rings. The van der Waals surface area contributed by atoms with Gasteiger partial charge in [0.1, 0.15) is 0 Å². The van der Waals surface area contributed by atoms with Crippen LogP contribution in [-0.2, 0) is 16.6 Å². The van der Waals surface area contributed by atoms with Gasteiger partial charge in [0.2, 0.25) is 21.8 Å². The first-order chi connectivity index (χ1) is 10.00. The van der Waals surface area contributed by atoms with Gasteiger partial charge in [-0.3, -0.25) is 0 Å². The van der Waals surface area contributed by atoms with Crippen LogP contribution in [0.15, 0.2) is 28.7 Å². The van der Waals surface area contributed by atoms with Crippen molar-refractivity contribution in [3.8, 4) is 11.5 Å². The van der Waals surface area contributed by atoms with Gasteiger partial charge in [0.05, 0.1) is 12.3 Å². The average Bonchev–Trinajstić information content (AvgIpc) is 2.92. The van der Waals surface area contributed by atoms with Crippen molar-refractivity contribution in [3.05, 3.63) is 35.7 Å². The van der Waals surface area contributed by atoms with E-state index in [9.17, 15) is 8.42 Å². The molecule has 0 bridgehead atoms. The lowest BCUT2D eigenvalue weighted by molar-refractivity contribution is 0.494. The molecule has 0 radical (unpaired) electrons. The van der Waals surface area contributed by atoms with Crippen molar-refractivity contribution in [1.29, 1.82) is 0 Å². The molecule has 0 saturated carbocycles. The van der Waals surface area contributed by atoms with Crippen LogP contribution < -0.4 is 4.72 Å². The van der Waals surface area contributed by atoms with Crippen molar-refractivity contribution in [3.63, 3.8) is 0 Å². The lowest BCUT2D eigenvalue weighted by Gasteiger charge is -2.02. The van der Waals surface area contributed by atoms with Crippen molar-refractivity contribution in [2.24, 2.45) is 0 Å². The maximum atomic E-state index is 11.7. The van der Waals surface area contributed by atoms with Gasteiger partial charge >= 0.3 is 0 Å². The van der Waals surface area contributed by atoms with Crippen LogP contribution >= 0.6 is 0 Å². The monoisotopic (exact) mass is 309 g/mol. The van der Waals surface area contributed by atoms with E-state index in [2.05, 4.69) is 14.9 Å². The fourth-order valence-electron chi connectivity index (χ4n) is 1.80. The van der Waals surface area contributed by atoms with Gasteiger partial charge in [-0.2, -0.15) is 0 Å². The summed E-state index contributed by atoms with van der Waals surface area (Å²) in [6.07, 6.45) is 1.46. The molecule has 1 heterocycles. The first-order valence-electron chi connectivity index (χ1n) is 6.87. The highest BCUT2D eigenvalue weighted by Crippen LogP contribution is 2.18. The molecule has 0 spiro atoms. The molecule has 0 aliphatic rings. The van der Waals surface area contributed by atoms with Crippen LogP contribution in [0.5, 0.6) is 0 Å². The number of aromatic nitrogens is 2. The van der Waals surface area contributed by atoms with Gasteiger partial charge in [-0.1, -0.05) is 31.0 Å². The fourth-order valence-corrected chi connectivity index (χ4v) is 2.95. The largest absolute Gasteiger partial charge is 0.419 e. The second-order valence-electron chi connectivity index (χ2n) is 4.86. The Bertz CT molecular complexity index is 695. The van der Waals surface area contributed by atoms with E-state index in [1.54, 1.807) is 0 Å². The highest BCUT2D eigenvalue weighted by Gasteiger charge is 2.13. The summed E-state index contributed by atoms with van der Waals surface area (Å²) >= 11 is 0.